The van der Waals surface area contributed by atoms with Crippen molar-refractivity contribution in [3.63, 3.8) is 0 Å². The maximum Gasteiger partial charge on any atom is 0.315 e. The molecule has 0 radical (unpaired) electrons. The van der Waals surface area contributed by atoms with Crippen LogP contribution in [0.3, 0.4) is 0 Å². The fraction of sp³-hybridized carbons (Fsp3) is 0. The Morgan fingerprint density at radius 3 is 2.67 bits per heavy atom. The molecule has 6 heteroatoms. The van der Waals surface area contributed by atoms with Crippen LogP contribution in [0.1, 0.15) is 10.4 Å². The molecular weight excluding hydrogens is 327 g/mol. The van der Waals surface area contributed by atoms with Crippen LogP contribution in [0.2, 0.25) is 0 Å². The van der Waals surface area contributed by atoms with Crippen LogP contribution in [-0.2, 0) is 0 Å². The third-order valence-electron chi connectivity index (χ3n) is 3.74. The maximum absolute atomic E-state index is 13.0. The van der Waals surface area contributed by atoms with Gasteiger partial charge in [-0.1, -0.05) is 29.5 Å². The fourth-order valence-corrected chi connectivity index (χ4v) is 3.43. The third-order valence-corrected chi connectivity index (χ3v) is 4.62. The first-order valence-corrected chi connectivity index (χ1v) is 8.01. The number of thiazole rings is 1. The minimum atomic E-state index is -0.400. The molecule has 0 spiro atoms. The second-order valence-electron chi connectivity index (χ2n) is 5.24. The molecule has 24 heavy (non-hydrogen) atoms. The Morgan fingerprint density at radius 1 is 1.12 bits per heavy atom. The Morgan fingerprint density at radius 2 is 1.88 bits per heavy atom. The Kier molecular flexibility index (Phi) is 3.39. The summed E-state index contributed by atoms with van der Waals surface area (Å²) in [5, 5.41) is 10.4. The predicted molar refractivity (Wildman–Crippen MR) is 94.0 cm³/mol. The van der Waals surface area contributed by atoms with Crippen molar-refractivity contribution >= 4 is 34.9 Å². The number of allylic oxidation sites excluding steroid dienone is 1. The van der Waals surface area contributed by atoms with E-state index in [1.807, 2.05) is 24.3 Å². The molecule has 1 aliphatic rings. The van der Waals surface area contributed by atoms with Gasteiger partial charge < -0.3 is 5.11 Å². The van der Waals surface area contributed by atoms with Crippen molar-refractivity contribution in [2.75, 3.05) is 0 Å². The summed E-state index contributed by atoms with van der Waals surface area (Å²) in [5.74, 6) is -0.565. The zero-order valence-electron chi connectivity index (χ0n) is 12.3. The molecule has 0 bridgehead atoms. The van der Waals surface area contributed by atoms with Gasteiger partial charge in [0, 0.05) is 17.4 Å². The molecule has 0 saturated carbocycles. The standard InChI is InChI=1S/C18H11FN2O2S/c19-12-5-7-13(8-6-12)21-17(22)16(24-18(21)23)9-11-10-20-15-4-2-1-3-14(11)15/h1-10,22H/b11-9+. The molecule has 0 saturated heterocycles. The van der Waals surface area contributed by atoms with Gasteiger partial charge in [0.25, 0.3) is 0 Å². The Bertz CT molecular complexity index is 1050. The fourth-order valence-electron chi connectivity index (χ4n) is 2.59. The Balaban J connectivity index is 1.81. The minimum absolute atomic E-state index is 0.165. The Hall–Kier alpha value is -2.99. The molecule has 0 aliphatic carbocycles. The van der Waals surface area contributed by atoms with Crippen LogP contribution >= 0.6 is 11.3 Å². The van der Waals surface area contributed by atoms with Crippen LogP contribution in [0.25, 0.3) is 17.3 Å². The normalized spacial score (nSPS) is 14.3. The number of aromatic hydroxyl groups is 1. The highest BCUT2D eigenvalue weighted by molar-refractivity contribution is 7.10. The van der Waals surface area contributed by atoms with Gasteiger partial charge in [0.15, 0.2) is 0 Å². The highest BCUT2D eigenvalue weighted by atomic mass is 32.1. The number of para-hydroxylation sites is 1. The van der Waals surface area contributed by atoms with Crippen LogP contribution in [0.4, 0.5) is 10.1 Å². The zero-order valence-corrected chi connectivity index (χ0v) is 13.1. The van der Waals surface area contributed by atoms with Crippen molar-refractivity contribution in [2.24, 2.45) is 4.99 Å². The summed E-state index contributed by atoms with van der Waals surface area (Å²) >= 11 is 0.927. The molecule has 0 unspecified atom stereocenters. The van der Waals surface area contributed by atoms with E-state index in [1.54, 1.807) is 12.3 Å². The highest BCUT2D eigenvalue weighted by Crippen LogP contribution is 2.34. The van der Waals surface area contributed by atoms with E-state index in [4.69, 9.17) is 0 Å². The summed E-state index contributed by atoms with van der Waals surface area (Å²) in [7, 11) is 0. The topological polar surface area (TPSA) is 54.6 Å². The van der Waals surface area contributed by atoms with E-state index in [1.165, 1.54) is 24.3 Å². The van der Waals surface area contributed by atoms with E-state index in [9.17, 15) is 14.3 Å². The number of nitrogens with zero attached hydrogens (tertiary/aromatic N) is 2. The molecule has 2 heterocycles. The van der Waals surface area contributed by atoms with Crippen molar-refractivity contribution in [1.29, 1.82) is 0 Å². The van der Waals surface area contributed by atoms with Crippen molar-refractivity contribution in [3.8, 4) is 11.6 Å². The molecule has 118 valence electrons. The van der Waals surface area contributed by atoms with E-state index >= 15 is 0 Å². The molecule has 2 aromatic carbocycles. The lowest BCUT2D eigenvalue weighted by molar-refractivity contribution is 0.440. The number of hydrogen-bond acceptors (Lipinski definition) is 4. The highest BCUT2D eigenvalue weighted by Gasteiger charge is 2.17. The SMILES string of the molecule is O=c1sc(/C=C2\C=Nc3ccccc32)c(O)n1-c1ccc(F)cc1. The molecule has 1 aliphatic heterocycles. The van der Waals surface area contributed by atoms with Crippen molar-refractivity contribution in [3.05, 3.63) is 74.5 Å². The number of fused-ring (bicyclic) bond motifs is 1. The second-order valence-corrected chi connectivity index (χ2v) is 6.24. The molecule has 0 fully saturated rings. The van der Waals surface area contributed by atoms with Crippen LogP contribution in [-0.4, -0.2) is 15.9 Å². The van der Waals surface area contributed by atoms with Crippen LogP contribution in [0, 0.1) is 5.82 Å². The molecule has 0 atom stereocenters. The van der Waals surface area contributed by atoms with Gasteiger partial charge in [0.1, 0.15) is 5.82 Å². The van der Waals surface area contributed by atoms with Gasteiger partial charge >= 0.3 is 4.87 Å². The van der Waals surface area contributed by atoms with Gasteiger partial charge in [-0.25, -0.2) is 8.96 Å². The van der Waals surface area contributed by atoms with Gasteiger partial charge in [-0.2, -0.15) is 0 Å². The molecule has 0 amide bonds. The first-order chi connectivity index (χ1) is 11.6. The predicted octanol–water partition coefficient (Wildman–Crippen LogP) is 4.00. The van der Waals surface area contributed by atoms with Crippen LogP contribution < -0.4 is 4.87 Å². The zero-order chi connectivity index (χ0) is 16.7. The van der Waals surface area contributed by atoms with Gasteiger partial charge in [0.05, 0.1) is 16.3 Å². The summed E-state index contributed by atoms with van der Waals surface area (Å²) < 4.78 is 14.2. The minimum Gasteiger partial charge on any atom is -0.493 e. The van der Waals surface area contributed by atoms with Gasteiger partial charge in [-0.05, 0) is 36.4 Å². The quantitative estimate of drug-likeness (QED) is 0.768. The summed E-state index contributed by atoms with van der Waals surface area (Å²) in [4.78, 5) is 16.6. The summed E-state index contributed by atoms with van der Waals surface area (Å²) in [6.45, 7) is 0. The largest absolute Gasteiger partial charge is 0.493 e. The molecule has 3 aromatic rings. The summed E-state index contributed by atoms with van der Waals surface area (Å²) in [6, 6.07) is 13.0. The first-order valence-electron chi connectivity index (χ1n) is 7.19. The second kappa shape index (κ2) is 5.58. The van der Waals surface area contributed by atoms with E-state index in [-0.39, 0.29) is 10.8 Å². The third kappa shape index (κ3) is 2.37. The van der Waals surface area contributed by atoms with Crippen molar-refractivity contribution in [1.82, 2.24) is 4.57 Å². The van der Waals surface area contributed by atoms with E-state index < -0.39 is 5.82 Å². The lowest BCUT2D eigenvalue weighted by Gasteiger charge is -2.03. The first kappa shape index (κ1) is 14.6. The van der Waals surface area contributed by atoms with E-state index in [0.717, 1.165) is 32.7 Å². The summed E-state index contributed by atoms with van der Waals surface area (Å²) in [5.41, 5.74) is 3.05. The average Bonchev–Trinajstić information content (AvgIpc) is 3.11. The monoisotopic (exact) mass is 338 g/mol. The van der Waals surface area contributed by atoms with Gasteiger partial charge in [-0.15, -0.1) is 0 Å². The smallest absolute Gasteiger partial charge is 0.315 e. The van der Waals surface area contributed by atoms with Crippen molar-refractivity contribution < 1.29 is 9.50 Å². The van der Waals surface area contributed by atoms with E-state index in [0.29, 0.717) is 10.6 Å². The summed E-state index contributed by atoms with van der Waals surface area (Å²) in [6.07, 6.45) is 3.44. The van der Waals surface area contributed by atoms with Gasteiger partial charge in [0.2, 0.25) is 5.88 Å². The number of halogens is 1. The molecule has 1 N–H and O–H groups in total. The number of rotatable bonds is 2. The Labute approximate surface area is 140 Å². The number of aromatic nitrogens is 1. The lowest BCUT2D eigenvalue weighted by atomic mass is 10.1. The maximum atomic E-state index is 13.0. The van der Waals surface area contributed by atoms with Crippen LogP contribution in [0.15, 0.2) is 58.3 Å². The molecule has 1 aromatic heterocycles. The van der Waals surface area contributed by atoms with E-state index in [2.05, 4.69) is 4.99 Å². The number of benzene rings is 2. The molecule has 4 nitrogen and oxygen atoms in total. The molecule has 4 rings (SSSR count). The number of aliphatic imine (C=N–C) groups is 1. The van der Waals surface area contributed by atoms with Gasteiger partial charge in [-0.3, -0.25) is 9.79 Å². The number of hydrogen-bond donors (Lipinski definition) is 1. The molecular formula is C18H11FN2O2S. The van der Waals surface area contributed by atoms with Crippen LogP contribution in [0.5, 0.6) is 5.88 Å². The van der Waals surface area contributed by atoms with Crippen molar-refractivity contribution in [2.45, 2.75) is 0 Å². The average molecular weight is 338 g/mol. The lowest BCUT2D eigenvalue weighted by Crippen LogP contribution is -2.09.